The van der Waals surface area contributed by atoms with Gasteiger partial charge in [-0.25, -0.2) is 4.98 Å². The van der Waals surface area contributed by atoms with E-state index in [4.69, 9.17) is 11.6 Å². The fourth-order valence-corrected chi connectivity index (χ4v) is 2.83. The minimum atomic E-state index is 0.651. The molecule has 0 atom stereocenters. The topological polar surface area (TPSA) is 24.9 Å². The average molecular weight is 348 g/mol. The Morgan fingerprint density at radius 1 is 1.00 bits per heavy atom. The summed E-state index contributed by atoms with van der Waals surface area (Å²) in [6.45, 7) is 0.651. The molecule has 0 aliphatic heterocycles. The number of pyridine rings is 1. The van der Waals surface area contributed by atoms with E-state index in [0.717, 1.165) is 31.6 Å². The van der Waals surface area contributed by atoms with Crippen LogP contribution in [0.25, 0.3) is 10.8 Å². The smallest absolute Gasteiger partial charge is 0.134 e. The molecule has 0 aliphatic carbocycles. The highest BCUT2D eigenvalue weighted by molar-refractivity contribution is 9.10. The van der Waals surface area contributed by atoms with Crippen molar-refractivity contribution in [2.24, 2.45) is 0 Å². The van der Waals surface area contributed by atoms with E-state index < -0.39 is 0 Å². The van der Waals surface area contributed by atoms with Crippen LogP contribution < -0.4 is 5.32 Å². The van der Waals surface area contributed by atoms with Crippen molar-refractivity contribution in [3.63, 3.8) is 0 Å². The number of anilines is 1. The zero-order valence-corrected chi connectivity index (χ0v) is 12.9. The van der Waals surface area contributed by atoms with Gasteiger partial charge in [0, 0.05) is 33.0 Å². The molecule has 0 radical (unpaired) electrons. The SMILES string of the molecule is Clc1ccccc1CNc1nccc2c(Br)cccc12. The average Bonchev–Trinajstić information content (AvgIpc) is 2.47. The van der Waals surface area contributed by atoms with Gasteiger partial charge in [-0.05, 0) is 23.8 Å². The Labute approximate surface area is 130 Å². The Balaban J connectivity index is 1.92. The maximum atomic E-state index is 6.17. The summed E-state index contributed by atoms with van der Waals surface area (Å²) >= 11 is 9.73. The van der Waals surface area contributed by atoms with Gasteiger partial charge in [-0.3, -0.25) is 0 Å². The summed E-state index contributed by atoms with van der Waals surface area (Å²) in [5, 5.41) is 6.36. The van der Waals surface area contributed by atoms with Gasteiger partial charge in [0.25, 0.3) is 0 Å². The maximum Gasteiger partial charge on any atom is 0.134 e. The fraction of sp³-hybridized carbons (Fsp3) is 0.0625. The van der Waals surface area contributed by atoms with Crippen molar-refractivity contribution in [3.05, 3.63) is 69.8 Å². The normalized spacial score (nSPS) is 10.7. The van der Waals surface area contributed by atoms with Crippen LogP contribution in [0.3, 0.4) is 0 Å². The van der Waals surface area contributed by atoms with Gasteiger partial charge < -0.3 is 5.32 Å². The molecule has 1 N–H and O–H groups in total. The molecule has 3 aromatic rings. The molecule has 2 nitrogen and oxygen atoms in total. The molecule has 0 spiro atoms. The van der Waals surface area contributed by atoms with Crippen LogP contribution in [0.15, 0.2) is 59.2 Å². The number of nitrogens with one attached hydrogen (secondary N) is 1. The van der Waals surface area contributed by atoms with Crippen molar-refractivity contribution in [2.75, 3.05) is 5.32 Å². The first kappa shape index (κ1) is 13.4. The number of hydrogen-bond donors (Lipinski definition) is 1. The summed E-state index contributed by atoms with van der Waals surface area (Å²) in [6.07, 6.45) is 1.81. The lowest BCUT2D eigenvalue weighted by atomic mass is 10.1. The molecule has 0 aliphatic rings. The first-order valence-electron chi connectivity index (χ1n) is 6.26. The molecule has 2 aromatic carbocycles. The van der Waals surface area contributed by atoms with E-state index in [1.807, 2.05) is 48.7 Å². The van der Waals surface area contributed by atoms with Crippen LogP contribution in [0, 0.1) is 0 Å². The summed E-state index contributed by atoms with van der Waals surface area (Å²) in [5.41, 5.74) is 1.06. The second-order valence-electron chi connectivity index (χ2n) is 4.44. The first-order chi connectivity index (χ1) is 9.75. The van der Waals surface area contributed by atoms with Crippen molar-refractivity contribution >= 4 is 44.1 Å². The second kappa shape index (κ2) is 5.81. The van der Waals surface area contributed by atoms with Crippen molar-refractivity contribution in [1.29, 1.82) is 0 Å². The Bertz CT molecular complexity index is 758. The number of nitrogens with zero attached hydrogens (tertiary/aromatic N) is 1. The molecule has 1 aromatic heterocycles. The molecule has 3 rings (SSSR count). The number of rotatable bonds is 3. The zero-order valence-electron chi connectivity index (χ0n) is 10.6. The van der Waals surface area contributed by atoms with Gasteiger partial charge in [0.15, 0.2) is 0 Å². The van der Waals surface area contributed by atoms with Gasteiger partial charge in [0.1, 0.15) is 5.82 Å². The van der Waals surface area contributed by atoms with E-state index >= 15 is 0 Å². The summed E-state index contributed by atoms with van der Waals surface area (Å²) in [4.78, 5) is 4.42. The number of benzene rings is 2. The van der Waals surface area contributed by atoms with Crippen LogP contribution in [0.5, 0.6) is 0 Å². The molecule has 4 heteroatoms. The van der Waals surface area contributed by atoms with E-state index in [1.165, 1.54) is 0 Å². The van der Waals surface area contributed by atoms with Crippen LogP contribution in [0.4, 0.5) is 5.82 Å². The largest absolute Gasteiger partial charge is 0.365 e. The van der Waals surface area contributed by atoms with Gasteiger partial charge in [0.2, 0.25) is 0 Å². The number of halogens is 2. The highest BCUT2D eigenvalue weighted by atomic mass is 79.9. The highest BCUT2D eigenvalue weighted by Gasteiger charge is 2.05. The second-order valence-corrected chi connectivity index (χ2v) is 5.70. The van der Waals surface area contributed by atoms with Crippen molar-refractivity contribution in [2.45, 2.75) is 6.54 Å². The molecule has 100 valence electrons. The van der Waals surface area contributed by atoms with Crippen LogP contribution in [0.2, 0.25) is 5.02 Å². The quantitative estimate of drug-likeness (QED) is 0.699. The van der Waals surface area contributed by atoms with Gasteiger partial charge in [-0.2, -0.15) is 0 Å². The molecular weight excluding hydrogens is 336 g/mol. The summed E-state index contributed by atoms with van der Waals surface area (Å²) < 4.78 is 1.07. The van der Waals surface area contributed by atoms with E-state index in [0.29, 0.717) is 6.54 Å². The molecule has 1 heterocycles. The molecule has 0 unspecified atom stereocenters. The molecule has 0 saturated heterocycles. The predicted molar refractivity (Wildman–Crippen MR) is 88.2 cm³/mol. The Morgan fingerprint density at radius 2 is 1.85 bits per heavy atom. The monoisotopic (exact) mass is 346 g/mol. The number of fused-ring (bicyclic) bond motifs is 1. The summed E-state index contributed by atoms with van der Waals surface area (Å²) in [6, 6.07) is 15.9. The predicted octanol–water partition coefficient (Wildman–Crippen LogP) is 5.26. The van der Waals surface area contributed by atoms with Gasteiger partial charge >= 0.3 is 0 Å². The molecule has 0 amide bonds. The Morgan fingerprint density at radius 3 is 2.70 bits per heavy atom. The first-order valence-corrected chi connectivity index (χ1v) is 7.43. The van der Waals surface area contributed by atoms with Crippen molar-refractivity contribution in [3.8, 4) is 0 Å². The molecule has 0 fully saturated rings. The van der Waals surface area contributed by atoms with E-state index in [9.17, 15) is 0 Å². The third-order valence-corrected chi connectivity index (χ3v) is 4.22. The third kappa shape index (κ3) is 2.65. The highest BCUT2D eigenvalue weighted by Crippen LogP contribution is 2.28. The van der Waals surface area contributed by atoms with E-state index in [1.54, 1.807) is 0 Å². The molecule has 0 saturated carbocycles. The van der Waals surface area contributed by atoms with Crippen molar-refractivity contribution in [1.82, 2.24) is 4.98 Å². The molecule has 0 bridgehead atoms. The summed E-state index contributed by atoms with van der Waals surface area (Å²) in [7, 11) is 0. The minimum Gasteiger partial charge on any atom is -0.365 e. The van der Waals surface area contributed by atoms with Crippen LogP contribution in [-0.4, -0.2) is 4.98 Å². The minimum absolute atomic E-state index is 0.651. The van der Waals surface area contributed by atoms with Gasteiger partial charge in [0.05, 0.1) is 0 Å². The lowest BCUT2D eigenvalue weighted by Gasteiger charge is -2.10. The summed E-state index contributed by atoms with van der Waals surface area (Å²) in [5.74, 6) is 0.865. The van der Waals surface area contributed by atoms with Gasteiger partial charge in [-0.15, -0.1) is 0 Å². The third-order valence-electron chi connectivity index (χ3n) is 3.16. The van der Waals surface area contributed by atoms with Crippen LogP contribution >= 0.6 is 27.5 Å². The van der Waals surface area contributed by atoms with E-state index in [-0.39, 0.29) is 0 Å². The van der Waals surface area contributed by atoms with Crippen molar-refractivity contribution < 1.29 is 0 Å². The molecule has 20 heavy (non-hydrogen) atoms. The standard InChI is InChI=1S/C16H12BrClN2/c17-14-6-3-5-13-12(14)8-9-19-16(13)20-10-11-4-1-2-7-15(11)18/h1-9H,10H2,(H,19,20). The van der Waals surface area contributed by atoms with E-state index in [2.05, 4.69) is 32.3 Å². The fourth-order valence-electron chi connectivity index (χ4n) is 2.13. The zero-order chi connectivity index (χ0) is 13.9. The lowest BCUT2D eigenvalue weighted by Crippen LogP contribution is -2.02. The van der Waals surface area contributed by atoms with Gasteiger partial charge in [-0.1, -0.05) is 57.9 Å². The van der Waals surface area contributed by atoms with Crippen LogP contribution in [-0.2, 0) is 6.54 Å². The Hall–Kier alpha value is -1.58. The Kier molecular flexibility index (Phi) is 3.90. The molecular formula is C16H12BrClN2. The number of aromatic nitrogens is 1. The number of hydrogen-bond acceptors (Lipinski definition) is 2. The maximum absolute atomic E-state index is 6.17. The van der Waals surface area contributed by atoms with Crippen LogP contribution in [0.1, 0.15) is 5.56 Å². The lowest BCUT2D eigenvalue weighted by molar-refractivity contribution is 1.12.